The van der Waals surface area contributed by atoms with Gasteiger partial charge in [-0.2, -0.15) is 0 Å². The molecule has 0 unspecified atom stereocenters. The quantitative estimate of drug-likeness (QED) is 0.524. The van der Waals surface area contributed by atoms with Crippen LogP contribution in [0.25, 0.3) is 0 Å². The van der Waals surface area contributed by atoms with Gasteiger partial charge < -0.3 is 10.1 Å². The van der Waals surface area contributed by atoms with Crippen LogP contribution < -0.4 is 5.32 Å². The van der Waals surface area contributed by atoms with Crippen molar-refractivity contribution in [3.63, 3.8) is 0 Å². The molecule has 0 heterocycles. The van der Waals surface area contributed by atoms with Crippen LogP contribution in [-0.2, 0) is 4.74 Å². The first-order chi connectivity index (χ1) is 9.40. The Bertz CT molecular complexity index is 492. The third-order valence-electron chi connectivity index (χ3n) is 2.24. The summed E-state index contributed by atoms with van der Waals surface area (Å²) in [6.07, 6.45) is 2.25. The van der Waals surface area contributed by atoms with Gasteiger partial charge in [0.1, 0.15) is 5.60 Å². The Hall–Kier alpha value is -1.60. The van der Waals surface area contributed by atoms with Crippen LogP contribution in [0.2, 0.25) is 0 Å². The van der Waals surface area contributed by atoms with Gasteiger partial charge in [-0.15, -0.1) is 11.8 Å². The van der Waals surface area contributed by atoms with Crippen molar-refractivity contribution in [2.75, 3.05) is 12.8 Å². The van der Waals surface area contributed by atoms with Gasteiger partial charge in [-0.3, -0.25) is 0 Å². The summed E-state index contributed by atoms with van der Waals surface area (Å²) < 4.78 is 5.13. The monoisotopic (exact) mass is 291 g/mol. The number of nitrogens with one attached hydrogen (secondary N) is 1. The number of thioether (sulfide) groups is 1. The molecule has 0 bridgehead atoms. The minimum atomic E-state index is -0.463. The molecule has 1 amide bonds. The Kier molecular flexibility index (Phi) is 6.47. The average Bonchev–Trinajstić information content (AvgIpc) is 2.37. The predicted octanol–water partition coefficient (Wildman–Crippen LogP) is 3.67. The maximum atomic E-state index is 11.4. The van der Waals surface area contributed by atoms with E-state index in [4.69, 9.17) is 4.74 Å². The van der Waals surface area contributed by atoms with Crippen LogP contribution in [0.15, 0.2) is 29.2 Å². The minimum Gasteiger partial charge on any atom is -0.444 e. The topological polar surface area (TPSA) is 38.3 Å². The highest BCUT2D eigenvalue weighted by molar-refractivity contribution is 7.98. The van der Waals surface area contributed by atoms with E-state index in [0.29, 0.717) is 13.0 Å². The number of benzene rings is 1. The van der Waals surface area contributed by atoms with Crippen molar-refractivity contribution in [3.05, 3.63) is 29.8 Å². The fraction of sp³-hybridized carbons (Fsp3) is 0.438. The summed E-state index contributed by atoms with van der Waals surface area (Å²) in [5, 5.41) is 2.68. The highest BCUT2D eigenvalue weighted by Gasteiger charge is 2.15. The van der Waals surface area contributed by atoms with E-state index in [-0.39, 0.29) is 0 Å². The van der Waals surface area contributed by atoms with E-state index in [0.717, 1.165) is 5.56 Å². The van der Waals surface area contributed by atoms with Crippen LogP contribution in [0.4, 0.5) is 4.79 Å². The van der Waals surface area contributed by atoms with Crippen molar-refractivity contribution >= 4 is 17.9 Å². The highest BCUT2D eigenvalue weighted by atomic mass is 32.2. The second-order valence-corrected chi connectivity index (χ2v) is 6.09. The molecule has 0 spiro atoms. The molecule has 0 radical (unpaired) electrons. The number of hydrogen-bond donors (Lipinski definition) is 1. The van der Waals surface area contributed by atoms with E-state index in [1.54, 1.807) is 11.8 Å². The van der Waals surface area contributed by atoms with Crippen molar-refractivity contribution in [2.45, 2.75) is 37.7 Å². The van der Waals surface area contributed by atoms with Gasteiger partial charge in [-0.05, 0) is 51.3 Å². The first-order valence-electron chi connectivity index (χ1n) is 6.50. The van der Waals surface area contributed by atoms with E-state index >= 15 is 0 Å². The SMILES string of the molecule is CSc1ccc(C#CCCNC(=O)OC(C)(C)C)cc1. The Labute approximate surface area is 125 Å². The lowest BCUT2D eigenvalue weighted by Crippen LogP contribution is -2.32. The van der Waals surface area contributed by atoms with E-state index in [1.165, 1.54) is 4.90 Å². The number of amides is 1. The molecule has 1 aromatic rings. The van der Waals surface area contributed by atoms with Gasteiger partial charge in [0.15, 0.2) is 0 Å². The van der Waals surface area contributed by atoms with Crippen LogP contribution in [-0.4, -0.2) is 24.5 Å². The molecule has 0 saturated heterocycles. The van der Waals surface area contributed by atoms with Crippen molar-refractivity contribution < 1.29 is 9.53 Å². The third kappa shape index (κ3) is 7.10. The number of ether oxygens (including phenoxy) is 1. The Morgan fingerprint density at radius 3 is 2.50 bits per heavy atom. The number of rotatable bonds is 3. The van der Waals surface area contributed by atoms with Gasteiger partial charge in [0.25, 0.3) is 0 Å². The summed E-state index contributed by atoms with van der Waals surface area (Å²) in [5.74, 6) is 6.10. The maximum absolute atomic E-state index is 11.4. The van der Waals surface area contributed by atoms with Gasteiger partial charge in [0, 0.05) is 23.4 Å². The summed E-state index contributed by atoms with van der Waals surface area (Å²) in [4.78, 5) is 12.6. The number of alkyl carbamates (subject to hydrolysis) is 1. The Morgan fingerprint density at radius 2 is 1.95 bits per heavy atom. The highest BCUT2D eigenvalue weighted by Crippen LogP contribution is 2.14. The van der Waals surface area contributed by atoms with Crippen LogP contribution in [0, 0.1) is 11.8 Å². The standard InChI is InChI=1S/C16H21NO2S/c1-16(2,3)19-15(18)17-12-6-5-7-13-8-10-14(20-4)11-9-13/h8-11H,6,12H2,1-4H3,(H,17,18). The predicted molar refractivity (Wildman–Crippen MR) is 84.0 cm³/mol. The molecule has 20 heavy (non-hydrogen) atoms. The fourth-order valence-electron chi connectivity index (χ4n) is 1.38. The zero-order valence-corrected chi connectivity index (χ0v) is 13.3. The minimum absolute atomic E-state index is 0.399. The fourth-order valence-corrected chi connectivity index (χ4v) is 1.79. The molecule has 0 aromatic heterocycles. The van der Waals surface area contributed by atoms with Crippen LogP contribution in [0.1, 0.15) is 32.8 Å². The lowest BCUT2D eigenvalue weighted by molar-refractivity contribution is 0.0529. The van der Waals surface area contributed by atoms with Crippen LogP contribution >= 0.6 is 11.8 Å². The number of hydrogen-bond acceptors (Lipinski definition) is 3. The molecule has 0 atom stereocenters. The van der Waals surface area contributed by atoms with Gasteiger partial charge >= 0.3 is 6.09 Å². The van der Waals surface area contributed by atoms with Crippen molar-refractivity contribution in [1.29, 1.82) is 0 Å². The molecule has 0 aliphatic rings. The Morgan fingerprint density at radius 1 is 1.30 bits per heavy atom. The summed E-state index contributed by atoms with van der Waals surface area (Å²) in [6.45, 7) is 6.00. The lowest BCUT2D eigenvalue weighted by atomic mass is 10.2. The molecule has 4 heteroatoms. The second-order valence-electron chi connectivity index (χ2n) is 5.21. The molecule has 0 saturated carbocycles. The van der Waals surface area contributed by atoms with E-state index in [2.05, 4.69) is 17.2 Å². The molecule has 0 aliphatic heterocycles. The van der Waals surface area contributed by atoms with E-state index in [1.807, 2.05) is 51.3 Å². The zero-order valence-electron chi connectivity index (χ0n) is 12.4. The molecule has 108 valence electrons. The first kappa shape index (κ1) is 16.5. The second kappa shape index (κ2) is 7.86. The molecule has 1 rings (SSSR count). The normalized spacial score (nSPS) is 10.4. The summed E-state index contributed by atoms with van der Waals surface area (Å²) in [6, 6.07) is 8.10. The molecule has 3 nitrogen and oxygen atoms in total. The summed E-state index contributed by atoms with van der Waals surface area (Å²) in [5.41, 5.74) is 0.523. The lowest BCUT2D eigenvalue weighted by Gasteiger charge is -2.19. The summed E-state index contributed by atoms with van der Waals surface area (Å²) in [7, 11) is 0. The molecule has 0 fully saturated rings. The average molecular weight is 291 g/mol. The summed E-state index contributed by atoms with van der Waals surface area (Å²) >= 11 is 1.71. The molecule has 0 aliphatic carbocycles. The van der Waals surface area contributed by atoms with Gasteiger partial charge in [-0.1, -0.05) is 11.8 Å². The molecule has 1 N–H and O–H groups in total. The zero-order chi connectivity index (χ0) is 15.0. The van der Waals surface area contributed by atoms with Gasteiger partial charge in [0.05, 0.1) is 0 Å². The molecule has 1 aromatic carbocycles. The smallest absolute Gasteiger partial charge is 0.407 e. The maximum Gasteiger partial charge on any atom is 0.407 e. The Balaban J connectivity index is 2.30. The largest absolute Gasteiger partial charge is 0.444 e. The van der Waals surface area contributed by atoms with Crippen molar-refractivity contribution in [1.82, 2.24) is 5.32 Å². The van der Waals surface area contributed by atoms with Crippen LogP contribution in [0.5, 0.6) is 0 Å². The van der Waals surface area contributed by atoms with Crippen molar-refractivity contribution in [3.8, 4) is 11.8 Å². The van der Waals surface area contributed by atoms with Gasteiger partial charge in [-0.25, -0.2) is 4.79 Å². The number of carbonyl (C=O) groups excluding carboxylic acids is 1. The van der Waals surface area contributed by atoms with Gasteiger partial charge in [0.2, 0.25) is 0 Å². The molecular formula is C16H21NO2S. The van der Waals surface area contributed by atoms with Crippen LogP contribution in [0.3, 0.4) is 0 Å². The third-order valence-corrected chi connectivity index (χ3v) is 2.98. The molecular weight excluding hydrogens is 270 g/mol. The van der Waals surface area contributed by atoms with E-state index < -0.39 is 11.7 Å². The van der Waals surface area contributed by atoms with Crippen molar-refractivity contribution in [2.24, 2.45) is 0 Å². The van der Waals surface area contributed by atoms with E-state index in [9.17, 15) is 4.79 Å². The first-order valence-corrected chi connectivity index (χ1v) is 7.73. The number of carbonyl (C=O) groups is 1.